The standard InChI is InChI=1S/C33H50N6O3S/c1-6-22-43(41,42)38-16-12-29(13-17-38)31(28-10-8-7-9-11-28)39-21-20-37(23-25(39)2)33(5)14-18-36(19-15-33)32(40)30-26(3)34-24-35-27(30)4/h7-11,24-25,29,31H,6,12-23H2,1-5H3/t25-,31+/m0/s1. The zero-order chi connectivity index (χ0) is 30.8. The first-order chi connectivity index (χ1) is 20.5. The van der Waals surface area contributed by atoms with E-state index in [0.717, 1.165) is 69.8 Å². The second-order valence-electron chi connectivity index (χ2n) is 13.1. The summed E-state index contributed by atoms with van der Waals surface area (Å²) in [6.45, 7) is 16.1. The number of amides is 1. The number of benzene rings is 1. The molecular weight excluding hydrogens is 560 g/mol. The lowest BCUT2D eigenvalue weighted by atomic mass is 9.82. The number of hydrogen-bond acceptors (Lipinski definition) is 7. The van der Waals surface area contributed by atoms with Crippen LogP contribution in [-0.2, 0) is 10.0 Å². The molecular formula is C33H50N6O3S. The van der Waals surface area contributed by atoms with Crippen LogP contribution in [0.2, 0.25) is 0 Å². The number of carbonyl (C=O) groups is 1. The summed E-state index contributed by atoms with van der Waals surface area (Å²) in [6, 6.07) is 11.5. The number of hydrogen-bond donors (Lipinski definition) is 0. The highest BCUT2D eigenvalue weighted by molar-refractivity contribution is 7.89. The summed E-state index contributed by atoms with van der Waals surface area (Å²) >= 11 is 0. The molecule has 2 aromatic rings. The first kappa shape index (κ1) is 32.0. The minimum Gasteiger partial charge on any atom is -0.338 e. The number of aromatic nitrogens is 2. The molecule has 0 unspecified atom stereocenters. The highest BCUT2D eigenvalue weighted by Gasteiger charge is 2.43. The average Bonchev–Trinajstić information content (AvgIpc) is 2.99. The van der Waals surface area contributed by atoms with Crippen LogP contribution in [-0.4, -0.2) is 106 Å². The molecule has 2 atom stereocenters. The van der Waals surface area contributed by atoms with Gasteiger partial charge in [-0.25, -0.2) is 22.7 Å². The molecule has 43 heavy (non-hydrogen) atoms. The molecule has 4 heterocycles. The number of aryl methyl sites for hydroxylation is 2. The van der Waals surface area contributed by atoms with Crippen molar-refractivity contribution < 1.29 is 13.2 Å². The third kappa shape index (κ3) is 6.82. The Bertz CT molecular complexity index is 1330. The molecule has 10 heteroatoms. The molecule has 0 bridgehead atoms. The van der Waals surface area contributed by atoms with Crippen molar-refractivity contribution in [1.29, 1.82) is 0 Å². The quantitative estimate of drug-likeness (QED) is 0.441. The predicted molar refractivity (Wildman–Crippen MR) is 170 cm³/mol. The van der Waals surface area contributed by atoms with Crippen LogP contribution in [0.5, 0.6) is 0 Å². The van der Waals surface area contributed by atoms with Crippen molar-refractivity contribution >= 4 is 15.9 Å². The van der Waals surface area contributed by atoms with Crippen LogP contribution in [0, 0.1) is 19.8 Å². The van der Waals surface area contributed by atoms with Crippen molar-refractivity contribution in [3.63, 3.8) is 0 Å². The molecule has 236 valence electrons. The molecule has 5 rings (SSSR count). The van der Waals surface area contributed by atoms with Gasteiger partial charge in [0.1, 0.15) is 6.33 Å². The molecule has 3 fully saturated rings. The van der Waals surface area contributed by atoms with E-state index < -0.39 is 10.0 Å². The fourth-order valence-electron chi connectivity index (χ4n) is 7.68. The molecule has 0 N–H and O–H groups in total. The minimum atomic E-state index is -3.16. The van der Waals surface area contributed by atoms with Gasteiger partial charge in [-0.15, -0.1) is 0 Å². The monoisotopic (exact) mass is 610 g/mol. The molecule has 0 radical (unpaired) electrons. The number of rotatable bonds is 8. The van der Waals surface area contributed by atoms with Gasteiger partial charge in [-0.05, 0) is 71.3 Å². The Morgan fingerprint density at radius 1 is 0.977 bits per heavy atom. The van der Waals surface area contributed by atoms with Gasteiger partial charge in [-0.2, -0.15) is 0 Å². The Hall–Kier alpha value is -2.40. The van der Waals surface area contributed by atoms with Crippen LogP contribution in [0.15, 0.2) is 36.7 Å². The number of carbonyl (C=O) groups excluding carboxylic acids is 1. The lowest BCUT2D eigenvalue weighted by Gasteiger charge is -2.54. The molecule has 9 nitrogen and oxygen atoms in total. The normalized spacial score (nSPS) is 23.7. The van der Waals surface area contributed by atoms with Gasteiger partial charge in [0, 0.05) is 63.4 Å². The zero-order valence-corrected chi connectivity index (χ0v) is 27.5. The summed E-state index contributed by atoms with van der Waals surface area (Å²) in [5.41, 5.74) is 3.53. The number of piperidine rings is 2. The van der Waals surface area contributed by atoms with Crippen LogP contribution in [0.25, 0.3) is 0 Å². The molecule has 0 saturated carbocycles. The van der Waals surface area contributed by atoms with E-state index in [1.54, 1.807) is 4.31 Å². The van der Waals surface area contributed by atoms with E-state index in [1.165, 1.54) is 11.9 Å². The summed E-state index contributed by atoms with van der Waals surface area (Å²) in [5.74, 6) is 0.710. The van der Waals surface area contributed by atoms with Gasteiger partial charge in [-0.3, -0.25) is 14.6 Å². The fraction of sp³-hybridized carbons (Fsp3) is 0.667. The zero-order valence-electron chi connectivity index (χ0n) is 26.7. The van der Waals surface area contributed by atoms with Crippen LogP contribution < -0.4 is 0 Å². The van der Waals surface area contributed by atoms with Crippen molar-refractivity contribution in [2.75, 3.05) is 51.6 Å². The van der Waals surface area contributed by atoms with Crippen molar-refractivity contribution in [2.24, 2.45) is 5.92 Å². The lowest BCUT2D eigenvalue weighted by molar-refractivity contribution is -0.0421. The van der Waals surface area contributed by atoms with E-state index in [-0.39, 0.29) is 23.2 Å². The van der Waals surface area contributed by atoms with E-state index >= 15 is 0 Å². The number of nitrogens with zero attached hydrogens (tertiary/aromatic N) is 6. The van der Waals surface area contributed by atoms with E-state index in [2.05, 4.69) is 63.9 Å². The topological polar surface area (TPSA) is 90.0 Å². The Morgan fingerprint density at radius 2 is 1.60 bits per heavy atom. The fourth-order valence-corrected chi connectivity index (χ4v) is 9.23. The van der Waals surface area contributed by atoms with Crippen molar-refractivity contribution in [2.45, 2.75) is 84.3 Å². The van der Waals surface area contributed by atoms with Crippen molar-refractivity contribution in [3.8, 4) is 0 Å². The minimum absolute atomic E-state index is 0.0510. The van der Waals surface area contributed by atoms with Gasteiger partial charge in [0.15, 0.2) is 0 Å². The van der Waals surface area contributed by atoms with E-state index in [9.17, 15) is 13.2 Å². The number of piperazine rings is 1. The second kappa shape index (κ2) is 13.3. The summed E-state index contributed by atoms with van der Waals surface area (Å²) in [5, 5.41) is 0. The maximum atomic E-state index is 13.4. The molecule has 3 aliphatic rings. The Kier molecular flexibility index (Phi) is 9.90. The van der Waals surface area contributed by atoms with Crippen LogP contribution >= 0.6 is 0 Å². The Morgan fingerprint density at radius 3 is 2.19 bits per heavy atom. The lowest BCUT2D eigenvalue weighted by Crippen LogP contribution is -2.63. The summed E-state index contributed by atoms with van der Waals surface area (Å²) in [4.78, 5) is 29.3. The number of likely N-dealkylation sites (tertiary alicyclic amines) is 1. The van der Waals surface area contributed by atoms with Crippen molar-refractivity contribution in [3.05, 3.63) is 59.2 Å². The smallest absolute Gasteiger partial charge is 0.257 e. The largest absolute Gasteiger partial charge is 0.338 e. The summed E-state index contributed by atoms with van der Waals surface area (Å²) in [6.07, 6.45) is 5.86. The number of sulfonamides is 1. The molecule has 0 spiro atoms. The van der Waals surface area contributed by atoms with Crippen LogP contribution in [0.3, 0.4) is 0 Å². The Balaban J connectivity index is 1.24. The van der Waals surface area contributed by atoms with E-state index in [0.29, 0.717) is 37.0 Å². The van der Waals surface area contributed by atoms with Gasteiger partial charge >= 0.3 is 0 Å². The highest BCUT2D eigenvalue weighted by atomic mass is 32.2. The predicted octanol–water partition coefficient (Wildman–Crippen LogP) is 4.29. The molecule has 1 amide bonds. The average molecular weight is 611 g/mol. The Labute approximate surface area is 258 Å². The molecule has 3 aliphatic heterocycles. The third-order valence-corrected chi connectivity index (χ3v) is 12.4. The van der Waals surface area contributed by atoms with E-state index in [1.807, 2.05) is 25.7 Å². The third-order valence-electron chi connectivity index (χ3n) is 10.3. The van der Waals surface area contributed by atoms with Gasteiger partial charge in [0.2, 0.25) is 10.0 Å². The molecule has 1 aromatic heterocycles. The summed E-state index contributed by atoms with van der Waals surface area (Å²) in [7, 11) is -3.16. The van der Waals surface area contributed by atoms with Crippen LogP contribution in [0.4, 0.5) is 0 Å². The summed E-state index contributed by atoms with van der Waals surface area (Å²) < 4.78 is 27.2. The van der Waals surface area contributed by atoms with Gasteiger partial charge in [0.25, 0.3) is 5.91 Å². The first-order valence-electron chi connectivity index (χ1n) is 16.1. The highest BCUT2D eigenvalue weighted by Crippen LogP contribution is 2.40. The maximum absolute atomic E-state index is 13.4. The molecule has 1 aromatic carbocycles. The van der Waals surface area contributed by atoms with Gasteiger partial charge in [-0.1, -0.05) is 37.3 Å². The second-order valence-corrected chi connectivity index (χ2v) is 15.2. The first-order valence-corrected chi connectivity index (χ1v) is 17.8. The van der Waals surface area contributed by atoms with E-state index in [4.69, 9.17) is 0 Å². The SMILES string of the molecule is CCCS(=O)(=O)N1CCC([C@@H](c2ccccc2)N2CCN(C3(C)CCN(C(=O)c4c(C)ncnc4C)CC3)C[C@@H]2C)CC1. The van der Waals surface area contributed by atoms with Crippen molar-refractivity contribution in [1.82, 2.24) is 29.0 Å². The molecule has 0 aliphatic carbocycles. The molecule has 3 saturated heterocycles. The van der Waals surface area contributed by atoms with Crippen LogP contribution in [0.1, 0.15) is 86.2 Å². The maximum Gasteiger partial charge on any atom is 0.257 e. The van der Waals surface area contributed by atoms with Gasteiger partial charge in [0.05, 0.1) is 22.7 Å². The van der Waals surface area contributed by atoms with Gasteiger partial charge < -0.3 is 4.90 Å².